The standard InChI is InChI=1S/C13H18N2O3/c1-8-5-4-6-11(15-8)7-14-12(16)9(2)10(3)13(17)18/h4-6,9-10H,7H2,1-3H3,(H,14,16)(H,17,18). The first-order chi connectivity index (χ1) is 8.41. The maximum absolute atomic E-state index is 11.7. The molecule has 18 heavy (non-hydrogen) atoms. The monoisotopic (exact) mass is 250 g/mol. The van der Waals surface area contributed by atoms with Gasteiger partial charge in [0.05, 0.1) is 18.2 Å². The first kappa shape index (κ1) is 14.2. The molecule has 0 radical (unpaired) electrons. The molecule has 5 heteroatoms. The van der Waals surface area contributed by atoms with Gasteiger partial charge in [-0.1, -0.05) is 19.9 Å². The van der Waals surface area contributed by atoms with Crippen molar-refractivity contribution < 1.29 is 14.7 Å². The first-order valence-corrected chi connectivity index (χ1v) is 5.85. The molecule has 0 bridgehead atoms. The van der Waals surface area contributed by atoms with E-state index in [0.29, 0.717) is 6.54 Å². The van der Waals surface area contributed by atoms with Crippen molar-refractivity contribution in [2.24, 2.45) is 11.8 Å². The van der Waals surface area contributed by atoms with Crippen molar-refractivity contribution in [2.75, 3.05) is 0 Å². The fourth-order valence-electron chi connectivity index (χ4n) is 1.48. The lowest BCUT2D eigenvalue weighted by molar-refractivity contribution is -0.146. The number of pyridine rings is 1. The Labute approximate surface area is 106 Å². The van der Waals surface area contributed by atoms with E-state index in [0.717, 1.165) is 11.4 Å². The SMILES string of the molecule is Cc1cccc(CNC(=O)C(C)C(C)C(=O)O)n1. The smallest absolute Gasteiger partial charge is 0.307 e. The van der Waals surface area contributed by atoms with Crippen molar-refractivity contribution in [3.05, 3.63) is 29.6 Å². The number of hydrogen-bond donors (Lipinski definition) is 2. The highest BCUT2D eigenvalue weighted by Crippen LogP contribution is 2.11. The molecular formula is C13H18N2O3. The van der Waals surface area contributed by atoms with Crippen molar-refractivity contribution >= 4 is 11.9 Å². The number of aliphatic carboxylic acids is 1. The summed E-state index contributed by atoms with van der Waals surface area (Å²) in [6.45, 7) is 5.33. The van der Waals surface area contributed by atoms with Crippen LogP contribution in [0.1, 0.15) is 25.2 Å². The van der Waals surface area contributed by atoms with Gasteiger partial charge in [-0.3, -0.25) is 14.6 Å². The highest BCUT2D eigenvalue weighted by molar-refractivity contribution is 5.84. The number of aryl methyl sites for hydroxylation is 1. The third-order valence-corrected chi connectivity index (χ3v) is 2.94. The van der Waals surface area contributed by atoms with E-state index >= 15 is 0 Å². The normalized spacial score (nSPS) is 13.7. The Morgan fingerprint density at radius 3 is 2.56 bits per heavy atom. The Kier molecular flexibility index (Phi) is 4.83. The summed E-state index contributed by atoms with van der Waals surface area (Å²) in [4.78, 5) is 26.8. The summed E-state index contributed by atoms with van der Waals surface area (Å²) >= 11 is 0. The Morgan fingerprint density at radius 1 is 1.33 bits per heavy atom. The predicted octanol–water partition coefficient (Wildman–Crippen LogP) is 1.36. The summed E-state index contributed by atoms with van der Waals surface area (Å²) in [6.07, 6.45) is 0. The molecule has 0 aliphatic rings. The lowest BCUT2D eigenvalue weighted by atomic mass is 9.95. The number of amides is 1. The second-order valence-corrected chi connectivity index (χ2v) is 4.40. The van der Waals surface area contributed by atoms with Gasteiger partial charge in [0.25, 0.3) is 0 Å². The van der Waals surface area contributed by atoms with Crippen molar-refractivity contribution in [2.45, 2.75) is 27.3 Å². The molecule has 1 aromatic heterocycles. The van der Waals surface area contributed by atoms with Gasteiger partial charge in [0.2, 0.25) is 5.91 Å². The minimum atomic E-state index is -0.966. The maximum Gasteiger partial charge on any atom is 0.307 e. The van der Waals surface area contributed by atoms with E-state index in [-0.39, 0.29) is 5.91 Å². The zero-order valence-corrected chi connectivity index (χ0v) is 10.8. The molecule has 1 aromatic rings. The topological polar surface area (TPSA) is 79.3 Å². The molecular weight excluding hydrogens is 232 g/mol. The van der Waals surface area contributed by atoms with Crippen LogP contribution >= 0.6 is 0 Å². The van der Waals surface area contributed by atoms with E-state index in [9.17, 15) is 9.59 Å². The average Bonchev–Trinajstić information content (AvgIpc) is 2.34. The quantitative estimate of drug-likeness (QED) is 0.827. The number of carbonyl (C=O) groups is 2. The molecule has 0 fully saturated rings. The minimum Gasteiger partial charge on any atom is -0.481 e. The third kappa shape index (κ3) is 3.84. The predicted molar refractivity (Wildman–Crippen MR) is 66.8 cm³/mol. The fourth-order valence-corrected chi connectivity index (χ4v) is 1.48. The Morgan fingerprint density at radius 2 is 2.00 bits per heavy atom. The number of carboxylic acids is 1. The maximum atomic E-state index is 11.7. The average molecular weight is 250 g/mol. The van der Waals surface area contributed by atoms with Crippen LogP contribution in [0.25, 0.3) is 0 Å². The van der Waals surface area contributed by atoms with Gasteiger partial charge >= 0.3 is 5.97 Å². The molecule has 0 spiro atoms. The zero-order valence-electron chi connectivity index (χ0n) is 10.8. The number of hydrogen-bond acceptors (Lipinski definition) is 3. The van der Waals surface area contributed by atoms with Crippen LogP contribution < -0.4 is 5.32 Å². The van der Waals surface area contributed by atoms with Crippen molar-refractivity contribution in [1.82, 2.24) is 10.3 Å². The Balaban J connectivity index is 2.53. The van der Waals surface area contributed by atoms with E-state index in [1.165, 1.54) is 6.92 Å². The summed E-state index contributed by atoms with van der Waals surface area (Å²) in [6, 6.07) is 5.56. The minimum absolute atomic E-state index is 0.270. The van der Waals surface area contributed by atoms with Gasteiger partial charge in [0.1, 0.15) is 0 Å². The molecule has 0 aromatic carbocycles. The summed E-state index contributed by atoms with van der Waals surface area (Å²) in [7, 11) is 0. The van der Waals surface area contributed by atoms with Crippen molar-refractivity contribution in [3.8, 4) is 0 Å². The van der Waals surface area contributed by atoms with Crippen molar-refractivity contribution in [3.63, 3.8) is 0 Å². The van der Waals surface area contributed by atoms with Crippen LogP contribution in [0.3, 0.4) is 0 Å². The first-order valence-electron chi connectivity index (χ1n) is 5.85. The van der Waals surface area contributed by atoms with Gasteiger partial charge in [0.15, 0.2) is 0 Å². The lowest BCUT2D eigenvalue weighted by Crippen LogP contribution is -2.35. The fraction of sp³-hybridized carbons (Fsp3) is 0.462. The second kappa shape index (κ2) is 6.14. The van der Waals surface area contributed by atoms with Crippen LogP contribution in [0, 0.1) is 18.8 Å². The highest BCUT2D eigenvalue weighted by Gasteiger charge is 2.25. The van der Waals surface area contributed by atoms with Gasteiger partial charge in [-0.15, -0.1) is 0 Å². The number of carbonyl (C=O) groups excluding carboxylic acids is 1. The van der Waals surface area contributed by atoms with Crippen molar-refractivity contribution in [1.29, 1.82) is 0 Å². The molecule has 0 saturated heterocycles. The number of aromatic nitrogens is 1. The third-order valence-electron chi connectivity index (χ3n) is 2.94. The zero-order chi connectivity index (χ0) is 13.7. The summed E-state index contributed by atoms with van der Waals surface area (Å²) in [5.74, 6) is -2.50. The lowest BCUT2D eigenvalue weighted by Gasteiger charge is -2.15. The Bertz CT molecular complexity index is 446. The van der Waals surface area contributed by atoms with Crippen LogP contribution in [0.5, 0.6) is 0 Å². The van der Waals surface area contributed by atoms with Gasteiger partial charge < -0.3 is 10.4 Å². The summed E-state index contributed by atoms with van der Waals surface area (Å²) in [5, 5.41) is 11.5. The van der Waals surface area contributed by atoms with Gasteiger partial charge in [-0.05, 0) is 19.1 Å². The molecule has 0 aliphatic heterocycles. The number of nitrogens with zero attached hydrogens (tertiary/aromatic N) is 1. The molecule has 5 nitrogen and oxygen atoms in total. The van der Waals surface area contributed by atoms with Crippen LogP contribution in [-0.4, -0.2) is 22.0 Å². The van der Waals surface area contributed by atoms with Crippen LogP contribution in [0.2, 0.25) is 0 Å². The van der Waals surface area contributed by atoms with Gasteiger partial charge in [-0.25, -0.2) is 0 Å². The van der Waals surface area contributed by atoms with E-state index in [2.05, 4.69) is 10.3 Å². The molecule has 1 rings (SSSR count). The highest BCUT2D eigenvalue weighted by atomic mass is 16.4. The molecule has 0 saturated carbocycles. The summed E-state index contributed by atoms with van der Waals surface area (Å²) < 4.78 is 0. The summed E-state index contributed by atoms with van der Waals surface area (Å²) in [5.41, 5.74) is 1.65. The number of nitrogens with one attached hydrogen (secondary N) is 1. The molecule has 2 atom stereocenters. The number of carboxylic acid groups (broad SMARTS) is 1. The molecule has 1 amide bonds. The molecule has 98 valence electrons. The molecule has 2 N–H and O–H groups in total. The van der Waals surface area contributed by atoms with Crippen LogP contribution in [-0.2, 0) is 16.1 Å². The largest absolute Gasteiger partial charge is 0.481 e. The number of rotatable bonds is 5. The molecule has 0 aliphatic carbocycles. The van der Waals surface area contributed by atoms with E-state index in [4.69, 9.17) is 5.11 Å². The Hall–Kier alpha value is -1.91. The van der Waals surface area contributed by atoms with Gasteiger partial charge in [0, 0.05) is 11.6 Å². The van der Waals surface area contributed by atoms with E-state index in [1.807, 2.05) is 25.1 Å². The molecule has 2 unspecified atom stereocenters. The molecule has 1 heterocycles. The van der Waals surface area contributed by atoms with Gasteiger partial charge in [-0.2, -0.15) is 0 Å². The second-order valence-electron chi connectivity index (χ2n) is 4.40. The van der Waals surface area contributed by atoms with E-state index in [1.54, 1.807) is 6.92 Å². The van der Waals surface area contributed by atoms with Crippen LogP contribution in [0.4, 0.5) is 0 Å². The van der Waals surface area contributed by atoms with Crippen LogP contribution in [0.15, 0.2) is 18.2 Å². The van der Waals surface area contributed by atoms with E-state index < -0.39 is 17.8 Å².